The Labute approximate surface area is 148 Å². The molecule has 5 heteroatoms. The van der Waals surface area contributed by atoms with Crippen LogP contribution in [0, 0.1) is 11.3 Å². The Bertz CT molecular complexity index is 734. The molecule has 0 aromatic heterocycles. The number of carbonyl (C=O) groups excluding carboxylic acids is 1. The standard InChI is InChI=1S/C20H21N3O2/c1-17(24)23(14-6-5-13-21)22-15-18-9-11-20(12-10-18)25-16-19-7-3-2-4-8-19/h2-4,7-12,15H,5-6,14,16H2,1H3/b22-15+. The van der Waals surface area contributed by atoms with Crippen LogP contribution in [-0.2, 0) is 11.4 Å². The molecule has 5 nitrogen and oxygen atoms in total. The summed E-state index contributed by atoms with van der Waals surface area (Å²) in [6, 6.07) is 19.6. The Balaban J connectivity index is 1.90. The summed E-state index contributed by atoms with van der Waals surface area (Å²) in [5, 5.41) is 14.1. The van der Waals surface area contributed by atoms with Crippen LogP contribution >= 0.6 is 0 Å². The van der Waals surface area contributed by atoms with Crippen LogP contribution in [0.1, 0.15) is 30.9 Å². The van der Waals surface area contributed by atoms with E-state index in [1.165, 1.54) is 11.9 Å². The van der Waals surface area contributed by atoms with E-state index in [2.05, 4.69) is 11.2 Å². The Kier molecular flexibility index (Phi) is 7.20. The zero-order valence-corrected chi connectivity index (χ0v) is 14.3. The first-order valence-electron chi connectivity index (χ1n) is 8.15. The van der Waals surface area contributed by atoms with Crippen molar-refractivity contribution in [1.82, 2.24) is 5.01 Å². The van der Waals surface area contributed by atoms with Crippen LogP contribution in [-0.4, -0.2) is 23.7 Å². The summed E-state index contributed by atoms with van der Waals surface area (Å²) in [6.45, 7) is 2.42. The molecule has 25 heavy (non-hydrogen) atoms. The highest BCUT2D eigenvalue weighted by atomic mass is 16.5. The van der Waals surface area contributed by atoms with E-state index < -0.39 is 0 Å². The Morgan fingerprint density at radius 2 is 1.92 bits per heavy atom. The number of benzene rings is 2. The highest BCUT2D eigenvalue weighted by Crippen LogP contribution is 2.13. The van der Waals surface area contributed by atoms with Crippen LogP contribution < -0.4 is 4.74 Å². The minimum Gasteiger partial charge on any atom is -0.489 e. The molecular weight excluding hydrogens is 314 g/mol. The molecule has 0 spiro atoms. The number of hydrogen-bond acceptors (Lipinski definition) is 4. The molecule has 0 aliphatic heterocycles. The second-order valence-electron chi connectivity index (χ2n) is 5.49. The van der Waals surface area contributed by atoms with Crippen molar-refractivity contribution in [2.24, 2.45) is 5.10 Å². The number of nitrogens with zero attached hydrogens (tertiary/aromatic N) is 3. The molecule has 128 valence electrons. The lowest BCUT2D eigenvalue weighted by atomic mass is 10.2. The number of hydrogen-bond donors (Lipinski definition) is 0. The molecule has 0 fully saturated rings. The van der Waals surface area contributed by atoms with Crippen molar-refractivity contribution in [1.29, 1.82) is 5.26 Å². The summed E-state index contributed by atoms with van der Waals surface area (Å²) in [7, 11) is 0. The second-order valence-corrected chi connectivity index (χ2v) is 5.49. The third kappa shape index (κ3) is 6.48. The number of rotatable bonds is 8. The average molecular weight is 335 g/mol. The lowest BCUT2D eigenvalue weighted by Gasteiger charge is -2.13. The van der Waals surface area contributed by atoms with Gasteiger partial charge in [-0.05, 0) is 41.8 Å². The number of hydrazone groups is 1. The van der Waals surface area contributed by atoms with Crippen molar-refractivity contribution in [3.05, 3.63) is 65.7 Å². The minimum atomic E-state index is -0.142. The van der Waals surface area contributed by atoms with Gasteiger partial charge in [-0.15, -0.1) is 0 Å². The fraction of sp³-hybridized carbons (Fsp3) is 0.250. The fourth-order valence-electron chi connectivity index (χ4n) is 2.13. The third-order valence-corrected chi connectivity index (χ3v) is 3.50. The van der Waals surface area contributed by atoms with Crippen molar-refractivity contribution >= 4 is 12.1 Å². The highest BCUT2D eigenvalue weighted by molar-refractivity contribution is 5.81. The molecule has 2 rings (SSSR count). The molecule has 1 amide bonds. The minimum absolute atomic E-state index is 0.142. The molecule has 0 saturated carbocycles. The monoisotopic (exact) mass is 335 g/mol. The molecule has 0 saturated heterocycles. The van der Waals surface area contributed by atoms with E-state index in [9.17, 15) is 4.79 Å². The van der Waals surface area contributed by atoms with Gasteiger partial charge in [-0.2, -0.15) is 10.4 Å². The second kappa shape index (κ2) is 9.89. The first-order valence-corrected chi connectivity index (χ1v) is 8.15. The number of amides is 1. The van der Waals surface area contributed by atoms with Crippen molar-refractivity contribution in [2.75, 3.05) is 6.54 Å². The lowest BCUT2D eigenvalue weighted by Crippen LogP contribution is -2.24. The zero-order valence-electron chi connectivity index (χ0n) is 14.3. The predicted molar refractivity (Wildman–Crippen MR) is 97.0 cm³/mol. The molecule has 0 radical (unpaired) electrons. The summed E-state index contributed by atoms with van der Waals surface area (Å²) >= 11 is 0. The summed E-state index contributed by atoms with van der Waals surface area (Å²) < 4.78 is 5.74. The zero-order chi connectivity index (χ0) is 17.9. The number of carbonyl (C=O) groups is 1. The van der Waals surface area contributed by atoms with Gasteiger partial charge in [-0.1, -0.05) is 30.3 Å². The Morgan fingerprint density at radius 1 is 1.20 bits per heavy atom. The van der Waals surface area contributed by atoms with Crippen molar-refractivity contribution in [2.45, 2.75) is 26.4 Å². The SMILES string of the molecule is CC(=O)N(CCCC#N)/N=C/c1ccc(OCc2ccccc2)cc1. The van der Waals surface area contributed by atoms with Crippen LogP contribution in [0.2, 0.25) is 0 Å². The predicted octanol–water partition coefficient (Wildman–Crippen LogP) is 3.75. The molecule has 0 unspecified atom stereocenters. The summed E-state index contributed by atoms with van der Waals surface area (Å²) in [5.74, 6) is 0.635. The first kappa shape index (κ1) is 18.2. The van der Waals surface area contributed by atoms with E-state index in [0.29, 0.717) is 26.0 Å². The van der Waals surface area contributed by atoms with Crippen molar-refractivity contribution in [3.8, 4) is 11.8 Å². The third-order valence-electron chi connectivity index (χ3n) is 3.50. The molecule has 0 bridgehead atoms. The van der Waals surface area contributed by atoms with Gasteiger partial charge in [0, 0.05) is 19.9 Å². The molecule has 2 aromatic carbocycles. The van der Waals surface area contributed by atoms with Gasteiger partial charge < -0.3 is 4.74 Å². The molecule has 0 aliphatic rings. The largest absolute Gasteiger partial charge is 0.489 e. The molecule has 0 atom stereocenters. The van der Waals surface area contributed by atoms with Gasteiger partial charge in [-0.25, -0.2) is 5.01 Å². The number of ether oxygens (including phenoxy) is 1. The maximum Gasteiger partial charge on any atom is 0.239 e. The Morgan fingerprint density at radius 3 is 2.56 bits per heavy atom. The van der Waals surface area contributed by atoms with Gasteiger partial charge in [0.1, 0.15) is 12.4 Å². The topological polar surface area (TPSA) is 65.7 Å². The maximum absolute atomic E-state index is 11.5. The normalized spacial score (nSPS) is 10.4. The Hall–Kier alpha value is -3.13. The van der Waals surface area contributed by atoms with Crippen LogP contribution in [0.5, 0.6) is 5.75 Å². The molecule has 2 aromatic rings. The lowest BCUT2D eigenvalue weighted by molar-refractivity contribution is -0.128. The van der Waals surface area contributed by atoms with Crippen molar-refractivity contribution in [3.63, 3.8) is 0 Å². The van der Waals surface area contributed by atoms with Gasteiger partial charge in [0.15, 0.2) is 0 Å². The molecule has 0 N–H and O–H groups in total. The van der Waals surface area contributed by atoms with Crippen molar-refractivity contribution < 1.29 is 9.53 Å². The van der Waals surface area contributed by atoms with Crippen LogP contribution in [0.25, 0.3) is 0 Å². The van der Waals surface area contributed by atoms with Gasteiger partial charge >= 0.3 is 0 Å². The van der Waals surface area contributed by atoms with Gasteiger partial charge in [0.25, 0.3) is 0 Å². The highest BCUT2D eigenvalue weighted by Gasteiger charge is 2.05. The van der Waals surface area contributed by atoms with Crippen LogP contribution in [0.3, 0.4) is 0 Å². The number of nitriles is 1. The van der Waals surface area contributed by atoms with Gasteiger partial charge in [0.2, 0.25) is 5.91 Å². The molecule has 0 heterocycles. The summed E-state index contributed by atoms with van der Waals surface area (Å²) in [6.07, 6.45) is 2.65. The van der Waals surface area contributed by atoms with E-state index >= 15 is 0 Å². The van der Waals surface area contributed by atoms with Gasteiger partial charge in [0.05, 0.1) is 12.3 Å². The summed E-state index contributed by atoms with van der Waals surface area (Å²) in [5.41, 5.74) is 1.99. The van der Waals surface area contributed by atoms with Crippen LogP contribution in [0.4, 0.5) is 0 Å². The first-order chi connectivity index (χ1) is 12.2. The molecular formula is C20H21N3O2. The maximum atomic E-state index is 11.5. The quantitative estimate of drug-likeness (QED) is 0.419. The van der Waals surface area contributed by atoms with Gasteiger partial charge in [-0.3, -0.25) is 4.79 Å². The molecule has 0 aliphatic carbocycles. The van der Waals surface area contributed by atoms with E-state index in [4.69, 9.17) is 10.00 Å². The fourth-order valence-corrected chi connectivity index (χ4v) is 2.13. The van der Waals surface area contributed by atoms with E-state index in [1.54, 1.807) is 6.21 Å². The average Bonchev–Trinajstić information content (AvgIpc) is 2.64. The smallest absolute Gasteiger partial charge is 0.239 e. The number of unbranched alkanes of at least 4 members (excludes halogenated alkanes) is 1. The van der Waals surface area contributed by atoms with Crippen LogP contribution in [0.15, 0.2) is 59.7 Å². The van der Waals surface area contributed by atoms with E-state index in [-0.39, 0.29) is 5.91 Å². The van der Waals surface area contributed by atoms with E-state index in [1.807, 2.05) is 54.6 Å². The summed E-state index contributed by atoms with van der Waals surface area (Å²) in [4.78, 5) is 11.5. The van der Waals surface area contributed by atoms with E-state index in [0.717, 1.165) is 16.9 Å².